The maximum absolute atomic E-state index is 7.72. The van der Waals surface area contributed by atoms with E-state index in [1.165, 1.54) is 0 Å². The van der Waals surface area contributed by atoms with Gasteiger partial charge in [-0.25, -0.2) is 0 Å². The van der Waals surface area contributed by atoms with Crippen LogP contribution in [-0.4, -0.2) is 31.4 Å². The van der Waals surface area contributed by atoms with Gasteiger partial charge in [0.1, 0.15) is 18.2 Å². The number of thioether (sulfide) groups is 1. The van der Waals surface area contributed by atoms with Crippen molar-refractivity contribution < 1.29 is 9.47 Å². The molecular formula is C15H24N2O2S. The maximum Gasteiger partial charge on any atom is 0.131 e. The van der Waals surface area contributed by atoms with Gasteiger partial charge in [0.05, 0.1) is 12.2 Å². The molecule has 0 radical (unpaired) electrons. The van der Waals surface area contributed by atoms with Crippen LogP contribution in [0.5, 0.6) is 5.75 Å². The minimum absolute atomic E-state index is 0.0449. The lowest BCUT2D eigenvalue weighted by molar-refractivity contribution is 0.0979. The van der Waals surface area contributed by atoms with Crippen molar-refractivity contribution in [2.75, 3.05) is 25.6 Å². The van der Waals surface area contributed by atoms with Crippen molar-refractivity contribution in [2.24, 2.45) is 5.73 Å². The summed E-state index contributed by atoms with van der Waals surface area (Å²) in [5.74, 6) is 1.64. The van der Waals surface area contributed by atoms with E-state index in [0.717, 1.165) is 30.1 Å². The number of unbranched alkanes of at least 4 members (excludes halogenated alkanes) is 1. The molecule has 5 heteroatoms. The molecule has 1 rings (SSSR count). The highest BCUT2D eigenvalue weighted by Gasteiger charge is 2.12. The fourth-order valence-electron chi connectivity index (χ4n) is 1.73. The first-order valence-corrected chi connectivity index (χ1v) is 8.00. The van der Waals surface area contributed by atoms with Gasteiger partial charge in [-0.3, -0.25) is 5.41 Å². The van der Waals surface area contributed by atoms with Crippen molar-refractivity contribution in [3.05, 3.63) is 23.8 Å². The van der Waals surface area contributed by atoms with Crippen molar-refractivity contribution in [3.8, 4) is 5.75 Å². The Morgan fingerprint density at radius 2 is 2.05 bits per heavy atom. The number of hydrogen-bond donors (Lipinski definition) is 2. The molecule has 0 heterocycles. The number of nitrogen functional groups attached to an aromatic ring is 1. The summed E-state index contributed by atoms with van der Waals surface area (Å²) in [7, 11) is 0. The maximum atomic E-state index is 7.72. The number of nitrogens with two attached hydrogens (primary N) is 1. The van der Waals surface area contributed by atoms with Crippen LogP contribution in [0.2, 0.25) is 0 Å². The molecule has 3 N–H and O–H groups in total. The number of ether oxygens (including phenoxy) is 2. The Balaban J connectivity index is 2.60. The molecule has 0 fully saturated rings. The van der Waals surface area contributed by atoms with Crippen LogP contribution in [-0.2, 0) is 4.74 Å². The third-order valence-electron chi connectivity index (χ3n) is 2.68. The van der Waals surface area contributed by atoms with E-state index in [0.29, 0.717) is 24.5 Å². The molecule has 0 bridgehead atoms. The molecular weight excluding hydrogens is 272 g/mol. The van der Waals surface area contributed by atoms with Gasteiger partial charge in [-0.05, 0) is 24.3 Å². The quantitative estimate of drug-likeness (QED) is 0.301. The van der Waals surface area contributed by atoms with E-state index in [1.807, 2.05) is 18.2 Å². The molecule has 1 aromatic rings. The van der Waals surface area contributed by atoms with Crippen LogP contribution in [0.1, 0.15) is 32.3 Å². The average Bonchev–Trinajstić information content (AvgIpc) is 2.43. The van der Waals surface area contributed by atoms with E-state index in [1.54, 1.807) is 11.8 Å². The zero-order valence-corrected chi connectivity index (χ0v) is 13.1. The smallest absolute Gasteiger partial charge is 0.131 e. The van der Waals surface area contributed by atoms with E-state index < -0.39 is 0 Å². The molecule has 0 aliphatic carbocycles. The summed E-state index contributed by atoms with van der Waals surface area (Å²) < 4.78 is 11.2. The average molecular weight is 296 g/mol. The highest BCUT2D eigenvalue weighted by molar-refractivity contribution is 7.99. The summed E-state index contributed by atoms with van der Waals surface area (Å²) in [4.78, 5) is 0.990. The van der Waals surface area contributed by atoms with Crippen molar-refractivity contribution in [3.63, 3.8) is 0 Å². The standard InChI is InChI=1S/C15H24N2O2S/c1-3-5-9-18-10-11-19-12-7-6-8-13(20-4-2)14(12)15(16)17/h6-8H,3-5,9-11H2,1-2H3,(H3,16,17). The lowest BCUT2D eigenvalue weighted by atomic mass is 10.2. The summed E-state index contributed by atoms with van der Waals surface area (Å²) in [5, 5.41) is 7.72. The molecule has 20 heavy (non-hydrogen) atoms. The Bertz CT molecular complexity index is 424. The first-order valence-electron chi connectivity index (χ1n) is 7.01. The second kappa shape index (κ2) is 9.66. The topological polar surface area (TPSA) is 68.3 Å². The van der Waals surface area contributed by atoms with Gasteiger partial charge in [0.25, 0.3) is 0 Å². The van der Waals surface area contributed by atoms with Crippen LogP contribution in [0.25, 0.3) is 0 Å². The summed E-state index contributed by atoms with van der Waals surface area (Å²) in [5.41, 5.74) is 6.36. The van der Waals surface area contributed by atoms with Crippen LogP contribution >= 0.6 is 11.8 Å². The van der Waals surface area contributed by atoms with E-state index >= 15 is 0 Å². The molecule has 1 aromatic carbocycles. The van der Waals surface area contributed by atoms with E-state index in [2.05, 4.69) is 13.8 Å². The second-order valence-electron chi connectivity index (χ2n) is 4.29. The van der Waals surface area contributed by atoms with Gasteiger partial charge < -0.3 is 15.2 Å². The number of nitrogens with one attached hydrogen (secondary N) is 1. The monoisotopic (exact) mass is 296 g/mol. The first kappa shape index (κ1) is 16.9. The van der Waals surface area contributed by atoms with Crippen molar-refractivity contribution in [1.29, 1.82) is 5.41 Å². The number of hydrogen-bond acceptors (Lipinski definition) is 4. The predicted octanol–water partition coefficient (Wildman–Crippen LogP) is 3.28. The fraction of sp³-hybridized carbons (Fsp3) is 0.533. The minimum atomic E-state index is 0.0449. The molecule has 0 saturated heterocycles. The van der Waals surface area contributed by atoms with Gasteiger partial charge in [-0.1, -0.05) is 26.3 Å². The van der Waals surface area contributed by atoms with E-state index in [-0.39, 0.29) is 5.84 Å². The zero-order chi connectivity index (χ0) is 14.8. The second-order valence-corrected chi connectivity index (χ2v) is 5.60. The highest BCUT2D eigenvalue weighted by atomic mass is 32.2. The largest absolute Gasteiger partial charge is 0.490 e. The molecule has 0 amide bonds. The van der Waals surface area contributed by atoms with Crippen LogP contribution in [0.3, 0.4) is 0 Å². The van der Waals surface area contributed by atoms with Crippen molar-refractivity contribution >= 4 is 17.6 Å². The van der Waals surface area contributed by atoms with Crippen LogP contribution in [0.15, 0.2) is 23.1 Å². The van der Waals surface area contributed by atoms with Gasteiger partial charge in [-0.15, -0.1) is 11.8 Å². The molecule has 0 saturated carbocycles. The van der Waals surface area contributed by atoms with Crippen molar-refractivity contribution in [2.45, 2.75) is 31.6 Å². The van der Waals surface area contributed by atoms with E-state index in [4.69, 9.17) is 20.6 Å². The summed E-state index contributed by atoms with van der Waals surface area (Å²) in [6.07, 6.45) is 2.20. The normalized spacial score (nSPS) is 10.5. The minimum Gasteiger partial charge on any atom is -0.490 e. The summed E-state index contributed by atoms with van der Waals surface area (Å²) in [6.45, 7) is 6.01. The van der Waals surface area contributed by atoms with E-state index in [9.17, 15) is 0 Å². The molecule has 0 aromatic heterocycles. The molecule has 0 atom stereocenters. The Hall–Kier alpha value is -1.20. The van der Waals surface area contributed by atoms with Gasteiger partial charge in [0.2, 0.25) is 0 Å². The van der Waals surface area contributed by atoms with Crippen LogP contribution in [0, 0.1) is 5.41 Å². The third kappa shape index (κ3) is 5.43. The molecule has 0 spiro atoms. The molecule has 0 unspecified atom stereocenters. The number of amidine groups is 1. The van der Waals surface area contributed by atoms with Gasteiger partial charge in [0.15, 0.2) is 0 Å². The number of benzene rings is 1. The Kier molecular flexibility index (Phi) is 8.14. The predicted molar refractivity (Wildman–Crippen MR) is 85.1 cm³/mol. The lowest BCUT2D eigenvalue weighted by Gasteiger charge is -2.14. The molecule has 4 nitrogen and oxygen atoms in total. The zero-order valence-electron chi connectivity index (χ0n) is 12.3. The lowest BCUT2D eigenvalue weighted by Crippen LogP contribution is -2.16. The Labute approximate surface area is 125 Å². The van der Waals surface area contributed by atoms with Crippen molar-refractivity contribution in [1.82, 2.24) is 0 Å². The molecule has 0 aliphatic heterocycles. The van der Waals surface area contributed by atoms with Gasteiger partial charge in [-0.2, -0.15) is 0 Å². The highest BCUT2D eigenvalue weighted by Crippen LogP contribution is 2.29. The Morgan fingerprint density at radius 1 is 1.25 bits per heavy atom. The summed E-state index contributed by atoms with van der Waals surface area (Å²) >= 11 is 1.66. The van der Waals surface area contributed by atoms with Gasteiger partial charge in [0, 0.05) is 11.5 Å². The summed E-state index contributed by atoms with van der Waals surface area (Å²) in [6, 6.07) is 5.75. The molecule has 0 aliphatic rings. The number of rotatable bonds is 10. The van der Waals surface area contributed by atoms with Gasteiger partial charge >= 0.3 is 0 Å². The van der Waals surface area contributed by atoms with Crippen LogP contribution in [0.4, 0.5) is 0 Å². The third-order valence-corrected chi connectivity index (χ3v) is 3.62. The fourth-order valence-corrected chi connectivity index (χ4v) is 2.57. The SMILES string of the molecule is CCCCOCCOc1cccc(SCC)c1C(=N)N. The Morgan fingerprint density at radius 3 is 2.70 bits per heavy atom. The molecule has 112 valence electrons. The van der Waals surface area contributed by atoms with Crippen LogP contribution < -0.4 is 10.5 Å². The first-order chi connectivity index (χ1) is 9.70.